The fourth-order valence-electron chi connectivity index (χ4n) is 2.03. The number of carbonyl (C=O) groups is 1. The highest BCUT2D eigenvalue weighted by molar-refractivity contribution is 5.89. The van der Waals surface area contributed by atoms with E-state index >= 15 is 0 Å². The number of rotatable bonds is 1. The van der Waals surface area contributed by atoms with Crippen LogP contribution in [-0.4, -0.2) is 49.1 Å². The van der Waals surface area contributed by atoms with E-state index in [0.717, 1.165) is 31.9 Å². The van der Waals surface area contributed by atoms with Crippen molar-refractivity contribution in [2.45, 2.75) is 13.8 Å². The van der Waals surface area contributed by atoms with Crippen LogP contribution in [0.2, 0.25) is 0 Å². The van der Waals surface area contributed by atoms with E-state index < -0.39 is 0 Å². The highest BCUT2D eigenvalue weighted by Gasteiger charge is 2.18. The molecule has 0 saturated carbocycles. The number of benzene rings is 1. The normalized spacial score (nSPS) is 16.7. The Kier molecular flexibility index (Phi) is 3.87. The van der Waals surface area contributed by atoms with Gasteiger partial charge >= 0.3 is 6.03 Å². The molecule has 1 saturated heterocycles. The van der Waals surface area contributed by atoms with Crippen LogP contribution in [-0.2, 0) is 0 Å². The van der Waals surface area contributed by atoms with Crippen molar-refractivity contribution < 1.29 is 4.79 Å². The number of piperazine rings is 1. The van der Waals surface area contributed by atoms with Crippen LogP contribution >= 0.6 is 0 Å². The molecule has 0 spiro atoms. The average molecular weight is 247 g/mol. The number of nitrogens with zero attached hydrogens (tertiary/aromatic N) is 2. The van der Waals surface area contributed by atoms with Crippen molar-refractivity contribution in [1.29, 1.82) is 0 Å². The van der Waals surface area contributed by atoms with Gasteiger partial charge in [-0.2, -0.15) is 0 Å². The largest absolute Gasteiger partial charge is 0.322 e. The Labute approximate surface area is 109 Å². The maximum atomic E-state index is 12.1. The fourth-order valence-corrected chi connectivity index (χ4v) is 2.03. The number of likely N-dealkylation sites (N-methyl/N-ethyl adjacent to an activating group) is 1. The summed E-state index contributed by atoms with van der Waals surface area (Å²) >= 11 is 0. The molecule has 1 fully saturated rings. The molecule has 0 aliphatic carbocycles. The lowest BCUT2D eigenvalue weighted by atomic mass is 10.1. The van der Waals surface area contributed by atoms with E-state index in [1.54, 1.807) is 0 Å². The van der Waals surface area contributed by atoms with E-state index in [1.807, 2.05) is 23.1 Å². The molecular weight excluding hydrogens is 226 g/mol. The van der Waals surface area contributed by atoms with Gasteiger partial charge in [-0.3, -0.25) is 0 Å². The molecule has 18 heavy (non-hydrogen) atoms. The van der Waals surface area contributed by atoms with Gasteiger partial charge in [-0.15, -0.1) is 0 Å². The molecule has 4 heteroatoms. The summed E-state index contributed by atoms with van der Waals surface area (Å²) in [5.41, 5.74) is 3.32. The molecule has 98 valence electrons. The molecule has 0 aromatic heterocycles. The van der Waals surface area contributed by atoms with E-state index in [9.17, 15) is 4.79 Å². The highest BCUT2D eigenvalue weighted by Crippen LogP contribution is 2.15. The first-order valence-corrected chi connectivity index (χ1v) is 6.38. The highest BCUT2D eigenvalue weighted by atomic mass is 16.2. The molecule has 0 radical (unpaired) electrons. The van der Waals surface area contributed by atoms with Gasteiger partial charge in [0, 0.05) is 31.9 Å². The first kappa shape index (κ1) is 12.9. The number of aryl methyl sites for hydroxylation is 2. The Morgan fingerprint density at radius 3 is 2.39 bits per heavy atom. The third-order valence-corrected chi connectivity index (χ3v) is 3.55. The van der Waals surface area contributed by atoms with E-state index in [-0.39, 0.29) is 6.03 Å². The van der Waals surface area contributed by atoms with Crippen molar-refractivity contribution in [2.24, 2.45) is 0 Å². The molecule has 2 amide bonds. The zero-order chi connectivity index (χ0) is 13.1. The summed E-state index contributed by atoms with van der Waals surface area (Å²) in [5.74, 6) is 0. The lowest BCUT2D eigenvalue weighted by Gasteiger charge is -2.32. The minimum Gasteiger partial charge on any atom is -0.322 e. The summed E-state index contributed by atoms with van der Waals surface area (Å²) in [6.45, 7) is 7.61. The van der Waals surface area contributed by atoms with Crippen LogP contribution in [0.3, 0.4) is 0 Å². The van der Waals surface area contributed by atoms with Crippen LogP contribution in [0.4, 0.5) is 10.5 Å². The van der Waals surface area contributed by atoms with Gasteiger partial charge in [0.1, 0.15) is 0 Å². The summed E-state index contributed by atoms with van der Waals surface area (Å²) in [6.07, 6.45) is 0. The predicted octanol–water partition coefficient (Wildman–Crippen LogP) is 2.08. The summed E-state index contributed by atoms with van der Waals surface area (Å²) in [4.78, 5) is 16.2. The summed E-state index contributed by atoms with van der Waals surface area (Å²) in [5, 5.41) is 2.96. The van der Waals surface area contributed by atoms with Gasteiger partial charge in [-0.1, -0.05) is 6.07 Å². The third-order valence-electron chi connectivity index (χ3n) is 3.55. The zero-order valence-corrected chi connectivity index (χ0v) is 11.4. The molecule has 0 atom stereocenters. The lowest BCUT2D eigenvalue weighted by Crippen LogP contribution is -2.48. The Balaban J connectivity index is 1.96. The quantitative estimate of drug-likeness (QED) is 0.824. The monoisotopic (exact) mass is 247 g/mol. The van der Waals surface area contributed by atoms with E-state index in [2.05, 4.69) is 31.1 Å². The Morgan fingerprint density at radius 1 is 1.11 bits per heavy atom. The molecular formula is C14H21N3O. The van der Waals surface area contributed by atoms with Crippen LogP contribution in [0.1, 0.15) is 11.1 Å². The molecule has 1 aliphatic rings. The van der Waals surface area contributed by atoms with Gasteiger partial charge < -0.3 is 15.1 Å². The van der Waals surface area contributed by atoms with Crippen LogP contribution in [0.15, 0.2) is 18.2 Å². The van der Waals surface area contributed by atoms with E-state index in [0.29, 0.717) is 0 Å². The molecule has 1 aromatic rings. The van der Waals surface area contributed by atoms with Crippen LogP contribution in [0.5, 0.6) is 0 Å². The van der Waals surface area contributed by atoms with Crippen molar-refractivity contribution in [1.82, 2.24) is 9.80 Å². The molecule has 1 heterocycles. The molecule has 2 rings (SSSR count). The number of hydrogen-bond acceptors (Lipinski definition) is 2. The van der Waals surface area contributed by atoms with Crippen molar-refractivity contribution >= 4 is 11.7 Å². The first-order valence-electron chi connectivity index (χ1n) is 6.38. The average Bonchev–Trinajstić information content (AvgIpc) is 2.34. The topological polar surface area (TPSA) is 35.6 Å². The van der Waals surface area contributed by atoms with Gasteiger partial charge in [0.15, 0.2) is 0 Å². The minimum absolute atomic E-state index is 0.00588. The summed E-state index contributed by atoms with van der Waals surface area (Å²) < 4.78 is 0. The minimum atomic E-state index is 0.00588. The van der Waals surface area contributed by atoms with Crippen LogP contribution in [0, 0.1) is 13.8 Å². The smallest absolute Gasteiger partial charge is 0.321 e. The maximum Gasteiger partial charge on any atom is 0.321 e. The predicted molar refractivity (Wildman–Crippen MR) is 74.0 cm³/mol. The van der Waals surface area contributed by atoms with Crippen molar-refractivity contribution in [2.75, 3.05) is 38.5 Å². The van der Waals surface area contributed by atoms with Gasteiger partial charge in [-0.25, -0.2) is 4.79 Å². The molecule has 4 nitrogen and oxygen atoms in total. The van der Waals surface area contributed by atoms with E-state index in [1.165, 1.54) is 11.1 Å². The second-order valence-electron chi connectivity index (χ2n) is 5.02. The number of anilines is 1. The molecule has 1 aliphatic heterocycles. The van der Waals surface area contributed by atoms with Crippen molar-refractivity contribution in [3.05, 3.63) is 29.3 Å². The molecule has 1 aromatic carbocycles. The molecule has 0 unspecified atom stereocenters. The number of amides is 2. The number of carbonyl (C=O) groups excluding carboxylic acids is 1. The standard InChI is InChI=1S/C14H21N3O/c1-11-4-5-13(10-12(11)2)15-14(18)17-8-6-16(3)7-9-17/h4-5,10H,6-9H2,1-3H3,(H,15,18). The van der Waals surface area contributed by atoms with E-state index in [4.69, 9.17) is 0 Å². The second kappa shape index (κ2) is 5.40. The SMILES string of the molecule is Cc1ccc(NC(=O)N2CCN(C)CC2)cc1C. The Hall–Kier alpha value is -1.55. The lowest BCUT2D eigenvalue weighted by molar-refractivity contribution is 0.164. The van der Waals surface area contributed by atoms with Crippen molar-refractivity contribution in [3.8, 4) is 0 Å². The zero-order valence-electron chi connectivity index (χ0n) is 11.4. The second-order valence-corrected chi connectivity index (χ2v) is 5.02. The van der Waals surface area contributed by atoms with Gasteiger partial charge in [0.25, 0.3) is 0 Å². The summed E-state index contributed by atoms with van der Waals surface area (Å²) in [7, 11) is 2.08. The first-order chi connectivity index (χ1) is 8.56. The van der Waals surface area contributed by atoms with Crippen LogP contribution in [0.25, 0.3) is 0 Å². The number of urea groups is 1. The van der Waals surface area contributed by atoms with Gasteiger partial charge in [0.2, 0.25) is 0 Å². The molecule has 0 bridgehead atoms. The van der Waals surface area contributed by atoms with Gasteiger partial charge in [-0.05, 0) is 44.2 Å². The Morgan fingerprint density at radius 2 is 1.78 bits per heavy atom. The number of hydrogen-bond donors (Lipinski definition) is 1. The fraction of sp³-hybridized carbons (Fsp3) is 0.500. The Bertz CT molecular complexity index is 437. The van der Waals surface area contributed by atoms with Gasteiger partial charge in [0.05, 0.1) is 0 Å². The van der Waals surface area contributed by atoms with Crippen LogP contribution < -0.4 is 5.32 Å². The summed E-state index contributed by atoms with van der Waals surface area (Å²) in [6, 6.07) is 6.01. The third kappa shape index (κ3) is 3.01. The molecule has 1 N–H and O–H groups in total. The van der Waals surface area contributed by atoms with Crippen molar-refractivity contribution in [3.63, 3.8) is 0 Å². The maximum absolute atomic E-state index is 12.1. The number of nitrogens with one attached hydrogen (secondary N) is 1.